The quantitative estimate of drug-likeness (QED) is 0.345. The second kappa shape index (κ2) is 10.2. The fraction of sp³-hybridized carbons (Fsp3) is 0.296. The molecule has 0 aliphatic carbocycles. The van der Waals surface area contributed by atoms with Crippen LogP contribution in [0.2, 0.25) is 0 Å². The molecule has 0 radical (unpaired) electrons. The number of nitrogens with one attached hydrogen (secondary N) is 1. The SMILES string of the molecule is COc1ncc(-c2n[nH]c3ccc(-n4cc([C@@H]5CCCN(Cc6c(F)cccc6OC)C5)nn4)cc23)cn1. The van der Waals surface area contributed by atoms with Crippen LogP contribution >= 0.6 is 0 Å². The summed E-state index contributed by atoms with van der Waals surface area (Å²) in [4.78, 5) is 10.7. The van der Waals surface area contributed by atoms with Crippen LogP contribution < -0.4 is 9.47 Å². The van der Waals surface area contributed by atoms with Crippen molar-refractivity contribution in [2.45, 2.75) is 25.3 Å². The molecular formula is C27H27FN8O2. The maximum Gasteiger partial charge on any atom is 0.316 e. The third-order valence-electron chi connectivity index (χ3n) is 7.01. The third-order valence-corrected chi connectivity index (χ3v) is 7.01. The minimum absolute atomic E-state index is 0.208. The van der Waals surface area contributed by atoms with Crippen molar-refractivity contribution in [1.82, 2.24) is 40.1 Å². The van der Waals surface area contributed by atoms with Gasteiger partial charge in [-0.1, -0.05) is 11.3 Å². The zero-order valence-corrected chi connectivity index (χ0v) is 21.1. The Morgan fingerprint density at radius 1 is 1.11 bits per heavy atom. The Bertz CT molecular complexity index is 1570. The van der Waals surface area contributed by atoms with Crippen LogP contribution in [0.4, 0.5) is 4.39 Å². The van der Waals surface area contributed by atoms with E-state index >= 15 is 0 Å². The number of aromatic amines is 1. The number of rotatable bonds is 7. The van der Waals surface area contributed by atoms with Crippen LogP contribution in [-0.4, -0.2) is 67.4 Å². The number of fused-ring (bicyclic) bond motifs is 1. The molecule has 3 aromatic heterocycles. The van der Waals surface area contributed by atoms with Crippen LogP contribution in [0.15, 0.2) is 55.0 Å². The first-order valence-corrected chi connectivity index (χ1v) is 12.4. The Labute approximate surface area is 218 Å². The summed E-state index contributed by atoms with van der Waals surface area (Å²) in [7, 11) is 3.10. The lowest BCUT2D eigenvalue weighted by Gasteiger charge is -2.32. The van der Waals surface area contributed by atoms with Crippen LogP contribution in [-0.2, 0) is 6.54 Å². The van der Waals surface area contributed by atoms with Gasteiger partial charge in [0.15, 0.2) is 0 Å². The normalized spacial score (nSPS) is 16.1. The first kappa shape index (κ1) is 24.0. The molecule has 1 atom stereocenters. The number of H-pyrrole nitrogens is 1. The number of ether oxygens (including phenoxy) is 2. The fourth-order valence-corrected chi connectivity index (χ4v) is 5.05. The molecule has 0 bridgehead atoms. The van der Waals surface area contributed by atoms with Crippen molar-refractivity contribution < 1.29 is 13.9 Å². The van der Waals surface area contributed by atoms with Crippen molar-refractivity contribution in [3.63, 3.8) is 0 Å². The van der Waals surface area contributed by atoms with E-state index in [0.717, 1.165) is 59.5 Å². The fourth-order valence-electron chi connectivity index (χ4n) is 5.05. The number of benzene rings is 2. The summed E-state index contributed by atoms with van der Waals surface area (Å²) in [5.74, 6) is 0.542. The summed E-state index contributed by atoms with van der Waals surface area (Å²) in [6.45, 7) is 2.17. The average Bonchev–Trinajstić information content (AvgIpc) is 3.62. The van der Waals surface area contributed by atoms with E-state index in [-0.39, 0.29) is 11.7 Å². The molecule has 1 aliphatic rings. The van der Waals surface area contributed by atoms with Crippen LogP contribution in [0.3, 0.4) is 0 Å². The molecule has 0 saturated carbocycles. The summed E-state index contributed by atoms with van der Waals surface area (Å²) in [5, 5.41) is 17.4. The number of hydrogen-bond donors (Lipinski definition) is 1. The summed E-state index contributed by atoms with van der Waals surface area (Å²) in [6.07, 6.45) is 7.37. The molecule has 0 amide bonds. The Balaban J connectivity index is 1.22. The highest BCUT2D eigenvalue weighted by Gasteiger charge is 2.25. The van der Waals surface area contributed by atoms with E-state index < -0.39 is 0 Å². The van der Waals surface area contributed by atoms with E-state index in [2.05, 4.69) is 35.4 Å². The number of aromatic nitrogens is 7. The smallest absolute Gasteiger partial charge is 0.316 e. The van der Waals surface area contributed by atoms with Gasteiger partial charge in [-0.15, -0.1) is 5.10 Å². The van der Waals surface area contributed by atoms with Gasteiger partial charge in [0, 0.05) is 47.9 Å². The van der Waals surface area contributed by atoms with E-state index in [1.165, 1.54) is 13.2 Å². The maximum atomic E-state index is 14.5. The molecule has 10 nitrogen and oxygen atoms in total. The zero-order valence-electron chi connectivity index (χ0n) is 21.1. The van der Waals surface area contributed by atoms with Crippen molar-refractivity contribution in [2.24, 2.45) is 0 Å². The Morgan fingerprint density at radius 2 is 1.97 bits per heavy atom. The van der Waals surface area contributed by atoms with Crippen LogP contribution in [0.1, 0.15) is 30.0 Å². The van der Waals surface area contributed by atoms with Crippen molar-refractivity contribution in [2.75, 3.05) is 27.3 Å². The first-order valence-electron chi connectivity index (χ1n) is 12.4. The summed E-state index contributed by atoms with van der Waals surface area (Å²) < 4.78 is 26.7. The first-order chi connectivity index (χ1) is 18.6. The Morgan fingerprint density at radius 3 is 2.79 bits per heavy atom. The van der Waals surface area contributed by atoms with E-state index in [0.29, 0.717) is 23.9 Å². The van der Waals surface area contributed by atoms with Gasteiger partial charge < -0.3 is 9.47 Å². The molecule has 6 rings (SSSR count). The van der Waals surface area contributed by atoms with E-state index in [9.17, 15) is 4.39 Å². The second-order valence-corrected chi connectivity index (χ2v) is 9.34. The van der Waals surface area contributed by atoms with E-state index in [4.69, 9.17) is 9.47 Å². The lowest BCUT2D eigenvalue weighted by atomic mass is 9.95. The van der Waals surface area contributed by atoms with Crippen LogP contribution in [0.5, 0.6) is 11.8 Å². The van der Waals surface area contributed by atoms with Crippen molar-refractivity contribution in [3.8, 4) is 28.7 Å². The largest absolute Gasteiger partial charge is 0.496 e. The minimum atomic E-state index is -0.243. The molecule has 194 valence electrons. The molecule has 2 aromatic carbocycles. The number of likely N-dealkylation sites (tertiary alicyclic amines) is 1. The number of methoxy groups -OCH3 is 2. The van der Waals surface area contributed by atoms with Gasteiger partial charge in [0.05, 0.1) is 37.3 Å². The molecule has 38 heavy (non-hydrogen) atoms. The lowest BCUT2D eigenvalue weighted by Crippen LogP contribution is -2.34. The van der Waals surface area contributed by atoms with Gasteiger partial charge in [-0.05, 0) is 49.7 Å². The van der Waals surface area contributed by atoms with Crippen molar-refractivity contribution in [3.05, 3.63) is 72.1 Å². The van der Waals surface area contributed by atoms with Crippen LogP contribution in [0.25, 0.3) is 27.8 Å². The summed E-state index contributed by atoms with van der Waals surface area (Å²) >= 11 is 0. The highest BCUT2D eigenvalue weighted by molar-refractivity contribution is 5.93. The van der Waals surface area contributed by atoms with Gasteiger partial charge in [0.2, 0.25) is 0 Å². The standard InChI is InChI=1S/C27H27FN8O2/c1-37-25-7-3-6-22(28)21(25)15-35-10-4-5-17(14-35)24-16-36(34-32-24)19-8-9-23-20(11-19)26(33-31-23)18-12-29-27(38-2)30-13-18/h3,6-9,11-13,16-17H,4-5,10,14-15H2,1-2H3,(H,31,33)/t17-/m1/s1. The predicted molar refractivity (Wildman–Crippen MR) is 139 cm³/mol. The number of nitrogens with zero attached hydrogens (tertiary/aromatic N) is 7. The van der Waals surface area contributed by atoms with Gasteiger partial charge in [0.1, 0.15) is 17.3 Å². The molecule has 4 heterocycles. The molecule has 5 aromatic rings. The highest BCUT2D eigenvalue weighted by atomic mass is 19.1. The highest BCUT2D eigenvalue weighted by Crippen LogP contribution is 2.31. The average molecular weight is 515 g/mol. The number of halogens is 1. The molecule has 11 heteroatoms. The Hall–Kier alpha value is -4.38. The summed E-state index contributed by atoms with van der Waals surface area (Å²) in [6, 6.07) is 11.2. The van der Waals surface area contributed by atoms with Gasteiger partial charge >= 0.3 is 6.01 Å². The molecular weight excluding hydrogens is 487 g/mol. The zero-order chi connectivity index (χ0) is 26.1. The van der Waals surface area contributed by atoms with Crippen LogP contribution in [0, 0.1) is 5.82 Å². The Kier molecular flexibility index (Phi) is 6.42. The van der Waals surface area contributed by atoms with Gasteiger partial charge in [-0.2, -0.15) is 5.10 Å². The van der Waals surface area contributed by atoms with Crippen molar-refractivity contribution >= 4 is 10.9 Å². The topological polar surface area (TPSA) is 107 Å². The maximum absolute atomic E-state index is 14.5. The lowest BCUT2D eigenvalue weighted by molar-refractivity contribution is 0.194. The monoisotopic (exact) mass is 514 g/mol. The van der Waals surface area contributed by atoms with E-state index in [1.54, 1.807) is 36.3 Å². The molecule has 1 N–H and O–H groups in total. The molecule has 1 aliphatic heterocycles. The molecule has 1 fully saturated rings. The van der Waals surface area contributed by atoms with Gasteiger partial charge in [0.25, 0.3) is 0 Å². The summed E-state index contributed by atoms with van der Waals surface area (Å²) in [5.41, 5.74) is 4.80. The third kappa shape index (κ3) is 4.56. The predicted octanol–water partition coefficient (Wildman–Crippen LogP) is 4.14. The molecule has 0 unspecified atom stereocenters. The second-order valence-electron chi connectivity index (χ2n) is 9.34. The number of piperidine rings is 1. The van der Waals surface area contributed by atoms with Crippen molar-refractivity contribution in [1.29, 1.82) is 0 Å². The van der Waals surface area contributed by atoms with Gasteiger partial charge in [-0.25, -0.2) is 19.0 Å². The van der Waals surface area contributed by atoms with Gasteiger partial charge in [-0.3, -0.25) is 10.00 Å². The number of hydrogen-bond acceptors (Lipinski definition) is 8. The molecule has 0 spiro atoms. The molecule has 1 saturated heterocycles. The minimum Gasteiger partial charge on any atom is -0.496 e. The van der Waals surface area contributed by atoms with E-state index in [1.807, 2.05) is 24.4 Å².